The smallest absolute Gasteiger partial charge is 0.223 e. The van der Waals surface area contributed by atoms with Crippen molar-refractivity contribution in [3.63, 3.8) is 0 Å². The van der Waals surface area contributed by atoms with Gasteiger partial charge in [-0.05, 0) is 32.0 Å². The number of Topliss-reactive ketones (excluding diaryl/α,β-unsaturated/α-hetero) is 1. The van der Waals surface area contributed by atoms with Crippen LogP contribution in [-0.2, 0) is 4.74 Å². The summed E-state index contributed by atoms with van der Waals surface area (Å²) in [5, 5.41) is 0.958. The summed E-state index contributed by atoms with van der Waals surface area (Å²) >= 11 is 0. The number of carbonyl (C=O) groups is 1. The molecule has 84 valence electrons. The third kappa shape index (κ3) is 2.14. The van der Waals surface area contributed by atoms with Crippen LogP contribution < -0.4 is 0 Å². The van der Waals surface area contributed by atoms with Crippen LogP contribution in [0.25, 0.3) is 11.0 Å². The Labute approximate surface area is 94.0 Å². The van der Waals surface area contributed by atoms with E-state index >= 15 is 0 Å². The molecule has 0 N–H and O–H groups in total. The molecule has 0 saturated carbocycles. The number of carbonyl (C=O) groups excluding carboxylic acids is 1. The van der Waals surface area contributed by atoms with Gasteiger partial charge in [-0.1, -0.05) is 11.6 Å². The van der Waals surface area contributed by atoms with Crippen molar-refractivity contribution in [2.75, 3.05) is 13.2 Å². The highest BCUT2D eigenvalue weighted by Crippen LogP contribution is 2.20. The van der Waals surface area contributed by atoms with E-state index < -0.39 is 0 Å². The summed E-state index contributed by atoms with van der Waals surface area (Å²) in [5.74, 6) is 0.254. The second-order valence-corrected chi connectivity index (χ2v) is 3.71. The predicted molar refractivity (Wildman–Crippen MR) is 61.8 cm³/mol. The van der Waals surface area contributed by atoms with Gasteiger partial charge in [0.05, 0.1) is 0 Å². The van der Waals surface area contributed by atoms with Crippen molar-refractivity contribution in [3.05, 3.63) is 35.6 Å². The molecule has 0 saturated heterocycles. The lowest BCUT2D eigenvalue weighted by molar-refractivity contribution is 0.0758. The number of rotatable bonds is 4. The van der Waals surface area contributed by atoms with Crippen LogP contribution in [0.2, 0.25) is 0 Å². The third-order valence-corrected chi connectivity index (χ3v) is 2.38. The molecule has 1 heterocycles. The lowest BCUT2D eigenvalue weighted by Gasteiger charge is -1.96. The minimum Gasteiger partial charge on any atom is -0.453 e. The minimum absolute atomic E-state index is 0.0787. The van der Waals surface area contributed by atoms with E-state index in [-0.39, 0.29) is 12.4 Å². The SMILES string of the molecule is CCOCC(=O)c1cc2cc(C)ccc2o1. The summed E-state index contributed by atoms with van der Waals surface area (Å²) in [6, 6.07) is 7.60. The Morgan fingerprint density at radius 3 is 2.94 bits per heavy atom. The van der Waals surface area contributed by atoms with E-state index in [0.29, 0.717) is 12.4 Å². The fraction of sp³-hybridized carbons (Fsp3) is 0.308. The van der Waals surface area contributed by atoms with Gasteiger partial charge in [-0.25, -0.2) is 0 Å². The average Bonchev–Trinajstić information content (AvgIpc) is 2.68. The standard InChI is InChI=1S/C13H14O3/c1-3-15-8-11(14)13-7-10-6-9(2)4-5-12(10)16-13/h4-7H,3,8H2,1-2H3. The van der Waals surface area contributed by atoms with E-state index in [4.69, 9.17) is 9.15 Å². The van der Waals surface area contributed by atoms with Gasteiger partial charge in [0.2, 0.25) is 5.78 Å². The Hall–Kier alpha value is -1.61. The molecule has 0 spiro atoms. The molecule has 1 aromatic heterocycles. The topological polar surface area (TPSA) is 39.4 Å². The number of hydrogen-bond acceptors (Lipinski definition) is 3. The van der Waals surface area contributed by atoms with Crippen LogP contribution in [0.4, 0.5) is 0 Å². The lowest BCUT2D eigenvalue weighted by Crippen LogP contribution is -2.07. The molecule has 0 atom stereocenters. The van der Waals surface area contributed by atoms with Crippen molar-refractivity contribution >= 4 is 16.8 Å². The van der Waals surface area contributed by atoms with Gasteiger partial charge >= 0.3 is 0 Å². The first-order valence-electron chi connectivity index (χ1n) is 5.32. The summed E-state index contributed by atoms with van der Waals surface area (Å²) in [4.78, 5) is 11.6. The van der Waals surface area contributed by atoms with Gasteiger partial charge in [0.1, 0.15) is 12.2 Å². The quantitative estimate of drug-likeness (QED) is 0.740. The zero-order chi connectivity index (χ0) is 11.5. The highest BCUT2D eigenvalue weighted by molar-refractivity contribution is 5.98. The van der Waals surface area contributed by atoms with Crippen molar-refractivity contribution in [1.82, 2.24) is 0 Å². The maximum Gasteiger partial charge on any atom is 0.223 e. The second-order valence-electron chi connectivity index (χ2n) is 3.71. The zero-order valence-electron chi connectivity index (χ0n) is 9.45. The van der Waals surface area contributed by atoms with Gasteiger partial charge in [0.15, 0.2) is 5.76 Å². The zero-order valence-corrected chi connectivity index (χ0v) is 9.45. The number of aryl methyl sites for hydroxylation is 1. The molecule has 3 heteroatoms. The van der Waals surface area contributed by atoms with Gasteiger partial charge in [-0.3, -0.25) is 4.79 Å². The number of benzene rings is 1. The number of hydrogen-bond donors (Lipinski definition) is 0. The Bertz CT molecular complexity index is 511. The molecule has 2 rings (SSSR count). The normalized spacial score (nSPS) is 10.9. The summed E-state index contributed by atoms with van der Waals surface area (Å²) in [6.45, 7) is 4.48. The number of ether oxygens (including phenoxy) is 1. The molecule has 2 aromatic rings. The van der Waals surface area contributed by atoms with Crippen LogP contribution in [0.5, 0.6) is 0 Å². The maximum absolute atomic E-state index is 11.6. The van der Waals surface area contributed by atoms with Crippen molar-refractivity contribution in [2.24, 2.45) is 0 Å². The van der Waals surface area contributed by atoms with Gasteiger partial charge in [0, 0.05) is 12.0 Å². The highest BCUT2D eigenvalue weighted by atomic mass is 16.5. The molecule has 0 fully saturated rings. The van der Waals surface area contributed by atoms with Crippen molar-refractivity contribution < 1.29 is 13.9 Å². The first-order chi connectivity index (χ1) is 7.70. The lowest BCUT2D eigenvalue weighted by atomic mass is 10.2. The van der Waals surface area contributed by atoms with E-state index in [0.717, 1.165) is 16.5 Å². The average molecular weight is 218 g/mol. The summed E-state index contributed by atoms with van der Waals surface area (Å²) in [5.41, 5.74) is 1.89. The fourth-order valence-corrected chi connectivity index (χ4v) is 1.57. The summed E-state index contributed by atoms with van der Waals surface area (Å²) in [6.07, 6.45) is 0. The summed E-state index contributed by atoms with van der Waals surface area (Å²) < 4.78 is 10.5. The largest absolute Gasteiger partial charge is 0.453 e. The van der Waals surface area contributed by atoms with Crippen LogP contribution in [-0.4, -0.2) is 19.0 Å². The highest BCUT2D eigenvalue weighted by Gasteiger charge is 2.11. The molecule has 0 aliphatic rings. The van der Waals surface area contributed by atoms with Crippen LogP contribution in [0.15, 0.2) is 28.7 Å². The van der Waals surface area contributed by atoms with Crippen molar-refractivity contribution in [2.45, 2.75) is 13.8 Å². The van der Waals surface area contributed by atoms with Crippen molar-refractivity contribution in [1.29, 1.82) is 0 Å². The second kappa shape index (κ2) is 4.49. The molecule has 3 nitrogen and oxygen atoms in total. The molecule has 0 aliphatic heterocycles. The first kappa shape index (κ1) is 10.9. The molecule has 16 heavy (non-hydrogen) atoms. The molecule has 1 aromatic carbocycles. The Morgan fingerprint density at radius 1 is 1.38 bits per heavy atom. The number of furan rings is 1. The van der Waals surface area contributed by atoms with Crippen LogP contribution >= 0.6 is 0 Å². The van der Waals surface area contributed by atoms with E-state index in [1.807, 2.05) is 32.0 Å². The first-order valence-corrected chi connectivity index (χ1v) is 5.32. The fourth-order valence-electron chi connectivity index (χ4n) is 1.57. The Balaban J connectivity index is 2.28. The molecule has 0 unspecified atom stereocenters. The van der Waals surface area contributed by atoms with Crippen LogP contribution in [0.1, 0.15) is 23.0 Å². The molecule has 0 bridgehead atoms. The van der Waals surface area contributed by atoms with E-state index in [1.165, 1.54) is 0 Å². The molecule has 0 radical (unpaired) electrons. The van der Waals surface area contributed by atoms with Crippen molar-refractivity contribution in [3.8, 4) is 0 Å². The van der Waals surface area contributed by atoms with E-state index in [9.17, 15) is 4.79 Å². The number of fused-ring (bicyclic) bond motifs is 1. The summed E-state index contributed by atoms with van der Waals surface area (Å²) in [7, 11) is 0. The molecule has 0 amide bonds. The molecule has 0 aliphatic carbocycles. The molecular weight excluding hydrogens is 204 g/mol. The third-order valence-electron chi connectivity index (χ3n) is 2.38. The number of ketones is 1. The Kier molecular flexibility index (Phi) is 3.06. The van der Waals surface area contributed by atoms with Gasteiger partial charge < -0.3 is 9.15 Å². The van der Waals surface area contributed by atoms with Gasteiger partial charge in [-0.15, -0.1) is 0 Å². The monoisotopic (exact) mass is 218 g/mol. The van der Waals surface area contributed by atoms with E-state index in [2.05, 4.69) is 0 Å². The van der Waals surface area contributed by atoms with Gasteiger partial charge in [-0.2, -0.15) is 0 Å². The maximum atomic E-state index is 11.6. The minimum atomic E-state index is -0.115. The van der Waals surface area contributed by atoms with Crippen LogP contribution in [0.3, 0.4) is 0 Å². The van der Waals surface area contributed by atoms with Gasteiger partial charge in [0.25, 0.3) is 0 Å². The van der Waals surface area contributed by atoms with E-state index in [1.54, 1.807) is 6.07 Å². The van der Waals surface area contributed by atoms with Crippen LogP contribution in [0, 0.1) is 6.92 Å². The molecular formula is C13H14O3. The Morgan fingerprint density at radius 2 is 2.19 bits per heavy atom. The predicted octanol–water partition coefficient (Wildman–Crippen LogP) is 2.96.